The highest BCUT2D eigenvalue weighted by Crippen LogP contribution is 2.08. The summed E-state index contributed by atoms with van der Waals surface area (Å²) >= 11 is 0. The highest BCUT2D eigenvalue weighted by Gasteiger charge is 2.19. The molecule has 16 heavy (non-hydrogen) atoms. The predicted octanol–water partition coefficient (Wildman–Crippen LogP) is -0.562. The first-order chi connectivity index (χ1) is 7.66. The Balaban J connectivity index is 2.04. The molecule has 6 heteroatoms. The highest BCUT2D eigenvalue weighted by atomic mass is 16.2. The van der Waals surface area contributed by atoms with E-state index in [9.17, 15) is 9.59 Å². The summed E-state index contributed by atoms with van der Waals surface area (Å²) in [6, 6.07) is 1.38. The third kappa shape index (κ3) is 2.21. The van der Waals surface area contributed by atoms with Crippen LogP contribution in [0.1, 0.15) is 6.92 Å². The van der Waals surface area contributed by atoms with E-state index in [1.54, 1.807) is 11.8 Å². The van der Waals surface area contributed by atoms with Crippen LogP contribution < -0.4 is 10.5 Å². The third-order valence-electron chi connectivity index (χ3n) is 2.68. The summed E-state index contributed by atoms with van der Waals surface area (Å²) in [5.41, 5.74) is -0.154. The third-order valence-corrected chi connectivity index (χ3v) is 2.68. The van der Waals surface area contributed by atoms with Gasteiger partial charge in [0.05, 0.1) is 0 Å². The molecule has 0 spiro atoms. The van der Waals surface area contributed by atoms with Gasteiger partial charge in [-0.05, 0) is 0 Å². The Hall–Kier alpha value is -1.85. The van der Waals surface area contributed by atoms with Gasteiger partial charge >= 0.3 is 0 Å². The number of carbonyl (C=O) groups is 1. The molecular weight excluding hydrogens is 208 g/mol. The van der Waals surface area contributed by atoms with Crippen LogP contribution in [0.3, 0.4) is 0 Å². The number of anilines is 1. The van der Waals surface area contributed by atoms with Crippen molar-refractivity contribution in [1.82, 2.24) is 14.9 Å². The number of hydrogen-bond donors (Lipinski definition) is 1. The molecule has 1 saturated heterocycles. The van der Waals surface area contributed by atoms with E-state index in [1.165, 1.54) is 12.3 Å². The Morgan fingerprint density at radius 1 is 1.38 bits per heavy atom. The first-order valence-electron chi connectivity index (χ1n) is 5.22. The summed E-state index contributed by atoms with van der Waals surface area (Å²) < 4.78 is 0. The van der Waals surface area contributed by atoms with Crippen molar-refractivity contribution in [2.75, 3.05) is 31.1 Å². The van der Waals surface area contributed by atoms with Gasteiger partial charge in [-0.1, -0.05) is 0 Å². The van der Waals surface area contributed by atoms with Crippen molar-refractivity contribution >= 4 is 11.9 Å². The summed E-state index contributed by atoms with van der Waals surface area (Å²) in [6.45, 7) is 4.32. The van der Waals surface area contributed by atoms with E-state index in [0.717, 1.165) is 0 Å². The van der Waals surface area contributed by atoms with Crippen LogP contribution in [0, 0.1) is 0 Å². The Kier molecular flexibility index (Phi) is 2.89. The normalized spacial score (nSPS) is 16.3. The maximum atomic E-state index is 11.1. The molecule has 0 aromatic carbocycles. The smallest absolute Gasteiger partial charge is 0.252 e. The number of hydrogen-bond acceptors (Lipinski definition) is 4. The first kappa shape index (κ1) is 10.7. The maximum absolute atomic E-state index is 11.1. The SMILES string of the molecule is CC(=O)N1CCN(c2nccc(=O)[nH]2)CC1. The number of nitrogens with one attached hydrogen (secondary N) is 1. The molecule has 0 saturated carbocycles. The Morgan fingerprint density at radius 3 is 2.62 bits per heavy atom. The van der Waals surface area contributed by atoms with Crippen molar-refractivity contribution in [2.45, 2.75) is 6.92 Å². The molecule has 1 amide bonds. The molecule has 0 unspecified atom stereocenters. The molecule has 0 aliphatic carbocycles. The molecule has 1 fully saturated rings. The second-order valence-electron chi connectivity index (χ2n) is 3.75. The maximum Gasteiger partial charge on any atom is 0.252 e. The van der Waals surface area contributed by atoms with E-state index in [-0.39, 0.29) is 11.5 Å². The van der Waals surface area contributed by atoms with E-state index in [0.29, 0.717) is 32.1 Å². The fourth-order valence-electron chi connectivity index (χ4n) is 1.75. The second kappa shape index (κ2) is 4.34. The molecule has 1 aliphatic heterocycles. The fraction of sp³-hybridized carbons (Fsp3) is 0.500. The zero-order chi connectivity index (χ0) is 11.5. The number of carbonyl (C=O) groups excluding carboxylic acids is 1. The van der Waals surface area contributed by atoms with Crippen LogP contribution in [-0.2, 0) is 4.79 Å². The van der Waals surface area contributed by atoms with Crippen molar-refractivity contribution in [3.05, 3.63) is 22.6 Å². The average molecular weight is 222 g/mol. The Morgan fingerprint density at radius 2 is 2.06 bits per heavy atom. The molecule has 2 heterocycles. The van der Waals surface area contributed by atoms with Crippen molar-refractivity contribution in [3.63, 3.8) is 0 Å². The number of H-pyrrole nitrogens is 1. The van der Waals surface area contributed by atoms with Crippen LogP contribution >= 0.6 is 0 Å². The van der Waals surface area contributed by atoms with Gasteiger partial charge in [-0.3, -0.25) is 14.6 Å². The van der Waals surface area contributed by atoms with Gasteiger partial charge in [-0.2, -0.15) is 0 Å². The molecular formula is C10H14N4O2. The van der Waals surface area contributed by atoms with Gasteiger partial charge in [0.15, 0.2) is 0 Å². The molecule has 0 radical (unpaired) electrons. The van der Waals surface area contributed by atoms with E-state index < -0.39 is 0 Å². The molecule has 6 nitrogen and oxygen atoms in total. The molecule has 1 aliphatic rings. The molecule has 86 valence electrons. The van der Waals surface area contributed by atoms with Crippen molar-refractivity contribution in [1.29, 1.82) is 0 Å². The minimum Gasteiger partial charge on any atom is -0.339 e. The van der Waals surface area contributed by atoms with Gasteiger partial charge < -0.3 is 9.80 Å². The number of nitrogens with zero attached hydrogens (tertiary/aromatic N) is 3. The monoisotopic (exact) mass is 222 g/mol. The van der Waals surface area contributed by atoms with E-state index in [1.807, 2.05) is 4.90 Å². The van der Waals surface area contributed by atoms with Crippen LogP contribution in [0.15, 0.2) is 17.1 Å². The summed E-state index contributed by atoms with van der Waals surface area (Å²) in [7, 11) is 0. The zero-order valence-electron chi connectivity index (χ0n) is 9.14. The summed E-state index contributed by atoms with van der Waals surface area (Å²) in [5.74, 6) is 0.671. The fourth-order valence-corrected chi connectivity index (χ4v) is 1.75. The molecule has 1 aromatic rings. The predicted molar refractivity (Wildman–Crippen MR) is 59.3 cm³/mol. The van der Waals surface area contributed by atoms with Gasteiger partial charge in [-0.15, -0.1) is 0 Å². The molecule has 1 aromatic heterocycles. The topological polar surface area (TPSA) is 69.3 Å². The van der Waals surface area contributed by atoms with Crippen molar-refractivity contribution in [2.24, 2.45) is 0 Å². The number of piperazine rings is 1. The van der Waals surface area contributed by atoms with E-state index in [4.69, 9.17) is 0 Å². The van der Waals surface area contributed by atoms with E-state index >= 15 is 0 Å². The number of aromatic nitrogens is 2. The first-order valence-corrected chi connectivity index (χ1v) is 5.22. The lowest BCUT2D eigenvalue weighted by Crippen LogP contribution is -2.48. The van der Waals surface area contributed by atoms with Crippen LogP contribution in [-0.4, -0.2) is 47.0 Å². The minimum absolute atomic E-state index is 0.0918. The van der Waals surface area contributed by atoms with Gasteiger partial charge in [0, 0.05) is 45.4 Å². The zero-order valence-corrected chi connectivity index (χ0v) is 9.14. The summed E-state index contributed by atoms with van der Waals surface area (Å²) in [4.78, 5) is 32.8. The largest absolute Gasteiger partial charge is 0.339 e. The number of rotatable bonds is 1. The summed E-state index contributed by atoms with van der Waals surface area (Å²) in [6.07, 6.45) is 1.49. The lowest BCUT2D eigenvalue weighted by molar-refractivity contribution is -0.129. The van der Waals surface area contributed by atoms with Gasteiger partial charge in [0.2, 0.25) is 11.9 Å². The van der Waals surface area contributed by atoms with Gasteiger partial charge in [-0.25, -0.2) is 4.98 Å². The molecule has 0 bridgehead atoms. The quantitative estimate of drug-likeness (QED) is 0.691. The van der Waals surface area contributed by atoms with Crippen molar-refractivity contribution < 1.29 is 4.79 Å². The molecule has 1 N–H and O–H groups in total. The van der Waals surface area contributed by atoms with E-state index in [2.05, 4.69) is 9.97 Å². The lowest BCUT2D eigenvalue weighted by atomic mass is 10.3. The number of aromatic amines is 1. The van der Waals surface area contributed by atoms with Crippen LogP contribution in [0.5, 0.6) is 0 Å². The minimum atomic E-state index is -0.154. The van der Waals surface area contributed by atoms with Crippen LogP contribution in [0.25, 0.3) is 0 Å². The molecule has 0 atom stereocenters. The van der Waals surface area contributed by atoms with Crippen LogP contribution in [0.2, 0.25) is 0 Å². The number of amides is 1. The second-order valence-corrected chi connectivity index (χ2v) is 3.75. The van der Waals surface area contributed by atoms with Gasteiger partial charge in [0.1, 0.15) is 0 Å². The van der Waals surface area contributed by atoms with Crippen LogP contribution in [0.4, 0.5) is 5.95 Å². The Bertz CT molecular complexity index is 434. The standard InChI is InChI=1S/C10H14N4O2/c1-8(15)13-4-6-14(7-5-13)10-11-3-2-9(16)12-10/h2-3H,4-7H2,1H3,(H,11,12,16). The Labute approximate surface area is 92.9 Å². The highest BCUT2D eigenvalue weighted by molar-refractivity contribution is 5.73. The summed E-state index contributed by atoms with van der Waals surface area (Å²) in [5, 5.41) is 0. The molecule has 2 rings (SSSR count). The van der Waals surface area contributed by atoms with Crippen molar-refractivity contribution in [3.8, 4) is 0 Å². The van der Waals surface area contributed by atoms with Gasteiger partial charge in [0.25, 0.3) is 5.56 Å². The lowest BCUT2D eigenvalue weighted by Gasteiger charge is -2.34. The average Bonchev–Trinajstić information content (AvgIpc) is 2.29.